The Morgan fingerprint density at radius 2 is 2.04 bits per heavy atom. The van der Waals surface area contributed by atoms with Crippen molar-refractivity contribution in [2.45, 2.75) is 45.6 Å². The molecule has 0 bridgehead atoms. The average molecular weight is 385 g/mol. The zero-order valence-corrected chi connectivity index (χ0v) is 15.9. The summed E-state index contributed by atoms with van der Waals surface area (Å²) in [7, 11) is 0. The minimum absolute atomic E-state index is 0.0582. The van der Waals surface area contributed by atoms with Crippen LogP contribution in [0.25, 0.3) is 11.0 Å². The fourth-order valence-corrected chi connectivity index (χ4v) is 3.30. The number of nitrogens with zero attached hydrogens (tertiary/aromatic N) is 4. The molecule has 1 fully saturated rings. The molecule has 3 heterocycles. The Morgan fingerprint density at radius 3 is 2.71 bits per heavy atom. The van der Waals surface area contributed by atoms with Crippen molar-refractivity contribution in [1.29, 1.82) is 0 Å². The molecule has 1 aromatic carbocycles. The van der Waals surface area contributed by atoms with Gasteiger partial charge in [0, 0.05) is 12.2 Å². The van der Waals surface area contributed by atoms with Crippen LogP contribution < -0.4 is 5.32 Å². The van der Waals surface area contributed by atoms with Gasteiger partial charge in [0.2, 0.25) is 5.91 Å². The van der Waals surface area contributed by atoms with Crippen LogP contribution >= 0.6 is 0 Å². The number of fused-ring (bicyclic) bond motifs is 1. The second-order valence-electron chi connectivity index (χ2n) is 6.91. The van der Waals surface area contributed by atoms with Crippen molar-refractivity contribution in [3.05, 3.63) is 41.3 Å². The first-order valence-corrected chi connectivity index (χ1v) is 9.30. The first kappa shape index (κ1) is 18.6. The minimum Gasteiger partial charge on any atom is -0.379 e. The van der Waals surface area contributed by atoms with E-state index in [1.54, 1.807) is 0 Å². The van der Waals surface area contributed by atoms with Gasteiger partial charge in [-0.25, -0.2) is 0 Å². The summed E-state index contributed by atoms with van der Waals surface area (Å²) in [5, 5.41) is 15.6. The molecule has 9 nitrogen and oxygen atoms in total. The Morgan fingerprint density at radius 1 is 1.29 bits per heavy atom. The second kappa shape index (κ2) is 8.07. The lowest BCUT2D eigenvalue weighted by Crippen LogP contribution is -2.50. The van der Waals surface area contributed by atoms with Crippen LogP contribution in [0.3, 0.4) is 0 Å². The molecule has 0 unspecified atom stereocenters. The molecule has 9 heteroatoms. The van der Waals surface area contributed by atoms with Gasteiger partial charge in [0.25, 0.3) is 0 Å². The number of aromatic nitrogens is 4. The summed E-state index contributed by atoms with van der Waals surface area (Å²) in [6, 6.07) is 7.39. The smallest absolute Gasteiger partial charge is 0.243 e. The van der Waals surface area contributed by atoms with Crippen molar-refractivity contribution < 1.29 is 18.8 Å². The number of hydrogen-bond acceptors (Lipinski definition) is 7. The largest absolute Gasteiger partial charge is 0.379 e. The molecule has 1 amide bonds. The summed E-state index contributed by atoms with van der Waals surface area (Å²) < 4.78 is 16.7. The standard InChI is InChI=1S/C19H23N5O4/c1-12-14(13(2)28-23-12)10-27-18-11-26-8-7-17(18)20-19(25)9-24-21-15-5-3-4-6-16(15)22-24/h3-6,17-18H,7-11H2,1-2H3,(H,20,25)/t17-,18-/m1/s1. The number of benzene rings is 1. The van der Waals surface area contributed by atoms with E-state index in [0.717, 1.165) is 28.1 Å². The van der Waals surface area contributed by atoms with Gasteiger partial charge < -0.3 is 19.3 Å². The molecular weight excluding hydrogens is 362 g/mol. The summed E-state index contributed by atoms with van der Waals surface area (Å²) in [5.74, 6) is 0.588. The zero-order valence-electron chi connectivity index (χ0n) is 15.9. The maximum absolute atomic E-state index is 12.5. The normalized spacial score (nSPS) is 19.8. The van der Waals surface area contributed by atoms with Crippen LogP contribution in [0.4, 0.5) is 0 Å². The topological polar surface area (TPSA) is 104 Å². The van der Waals surface area contributed by atoms with Crippen molar-refractivity contribution in [2.24, 2.45) is 0 Å². The van der Waals surface area contributed by atoms with E-state index >= 15 is 0 Å². The van der Waals surface area contributed by atoms with Gasteiger partial charge in [-0.1, -0.05) is 17.3 Å². The van der Waals surface area contributed by atoms with Crippen molar-refractivity contribution in [3.8, 4) is 0 Å². The number of nitrogens with one attached hydrogen (secondary N) is 1. The van der Waals surface area contributed by atoms with Gasteiger partial charge in [-0.15, -0.1) is 0 Å². The molecule has 148 valence electrons. The van der Waals surface area contributed by atoms with Gasteiger partial charge in [-0.05, 0) is 32.4 Å². The Bertz CT molecular complexity index is 914. The van der Waals surface area contributed by atoms with Crippen LogP contribution in [-0.2, 0) is 27.4 Å². The highest BCUT2D eigenvalue weighted by molar-refractivity contribution is 5.77. The quantitative estimate of drug-likeness (QED) is 0.686. The molecule has 0 aliphatic carbocycles. The van der Waals surface area contributed by atoms with E-state index in [4.69, 9.17) is 14.0 Å². The summed E-state index contributed by atoms with van der Waals surface area (Å²) in [6.45, 7) is 5.18. The van der Waals surface area contributed by atoms with Crippen molar-refractivity contribution in [3.63, 3.8) is 0 Å². The van der Waals surface area contributed by atoms with E-state index in [9.17, 15) is 4.79 Å². The second-order valence-corrected chi connectivity index (χ2v) is 6.91. The van der Waals surface area contributed by atoms with Crippen LogP contribution in [-0.4, -0.2) is 51.4 Å². The molecule has 1 aliphatic rings. The van der Waals surface area contributed by atoms with Gasteiger partial charge in [0.05, 0.1) is 24.9 Å². The number of ether oxygens (including phenoxy) is 2. The van der Waals surface area contributed by atoms with Gasteiger partial charge in [0.15, 0.2) is 0 Å². The average Bonchev–Trinajstić information content (AvgIpc) is 3.23. The van der Waals surface area contributed by atoms with Crippen LogP contribution in [0, 0.1) is 13.8 Å². The number of rotatable bonds is 6. The molecule has 3 aromatic rings. The first-order valence-electron chi connectivity index (χ1n) is 9.30. The van der Waals surface area contributed by atoms with E-state index in [-0.39, 0.29) is 24.6 Å². The molecule has 2 atom stereocenters. The van der Waals surface area contributed by atoms with E-state index in [0.29, 0.717) is 26.2 Å². The zero-order chi connectivity index (χ0) is 19.5. The van der Waals surface area contributed by atoms with Gasteiger partial charge in [-0.3, -0.25) is 4.79 Å². The maximum atomic E-state index is 12.5. The maximum Gasteiger partial charge on any atom is 0.243 e. The Labute approximate surface area is 162 Å². The Hall–Kier alpha value is -2.78. The van der Waals surface area contributed by atoms with Gasteiger partial charge in [-0.2, -0.15) is 15.0 Å². The molecule has 0 spiro atoms. The van der Waals surface area contributed by atoms with Crippen LogP contribution in [0.5, 0.6) is 0 Å². The lowest BCUT2D eigenvalue weighted by Gasteiger charge is -2.32. The number of carbonyl (C=O) groups excluding carboxylic acids is 1. The molecule has 4 rings (SSSR count). The van der Waals surface area contributed by atoms with E-state index in [2.05, 4.69) is 20.7 Å². The molecule has 1 aliphatic heterocycles. The summed E-state index contributed by atoms with van der Waals surface area (Å²) in [6.07, 6.45) is 0.447. The van der Waals surface area contributed by atoms with Crippen LogP contribution in [0.2, 0.25) is 0 Å². The number of carbonyl (C=O) groups is 1. The molecular formula is C19H23N5O4. The highest BCUT2D eigenvalue weighted by Gasteiger charge is 2.29. The lowest BCUT2D eigenvalue weighted by atomic mass is 10.1. The van der Waals surface area contributed by atoms with Crippen molar-refractivity contribution >= 4 is 16.9 Å². The van der Waals surface area contributed by atoms with E-state index in [1.165, 1.54) is 4.80 Å². The van der Waals surface area contributed by atoms with Gasteiger partial charge in [0.1, 0.15) is 29.4 Å². The van der Waals surface area contributed by atoms with E-state index in [1.807, 2.05) is 38.1 Å². The molecule has 1 saturated heterocycles. The highest BCUT2D eigenvalue weighted by atomic mass is 16.5. The monoisotopic (exact) mass is 385 g/mol. The Balaban J connectivity index is 1.36. The molecule has 2 aromatic heterocycles. The summed E-state index contributed by atoms with van der Waals surface area (Å²) >= 11 is 0. The fraction of sp³-hybridized carbons (Fsp3) is 0.474. The highest BCUT2D eigenvalue weighted by Crippen LogP contribution is 2.18. The number of hydrogen-bond donors (Lipinski definition) is 1. The van der Waals surface area contributed by atoms with Crippen LogP contribution in [0.1, 0.15) is 23.4 Å². The molecule has 28 heavy (non-hydrogen) atoms. The Kier molecular flexibility index (Phi) is 5.36. The predicted octanol–water partition coefficient (Wildman–Crippen LogP) is 1.53. The number of aryl methyl sites for hydroxylation is 2. The summed E-state index contributed by atoms with van der Waals surface area (Å²) in [5.41, 5.74) is 3.28. The van der Waals surface area contributed by atoms with Crippen molar-refractivity contribution in [1.82, 2.24) is 25.5 Å². The first-order chi connectivity index (χ1) is 13.6. The van der Waals surface area contributed by atoms with Gasteiger partial charge >= 0.3 is 0 Å². The third-order valence-electron chi connectivity index (χ3n) is 4.89. The lowest BCUT2D eigenvalue weighted by molar-refractivity contribution is -0.127. The van der Waals surface area contributed by atoms with Crippen LogP contribution in [0.15, 0.2) is 28.8 Å². The van der Waals surface area contributed by atoms with E-state index < -0.39 is 0 Å². The predicted molar refractivity (Wildman–Crippen MR) is 99.4 cm³/mol. The minimum atomic E-state index is -0.240. The van der Waals surface area contributed by atoms with Crippen molar-refractivity contribution in [2.75, 3.05) is 13.2 Å². The molecule has 0 radical (unpaired) electrons. The summed E-state index contributed by atoms with van der Waals surface area (Å²) in [4.78, 5) is 13.9. The molecule has 1 N–H and O–H groups in total. The fourth-order valence-electron chi connectivity index (χ4n) is 3.30. The molecule has 0 saturated carbocycles. The SMILES string of the molecule is Cc1noc(C)c1CO[C@@H]1COCC[C@H]1NC(=O)Cn1nc2ccccc2n1. The third-order valence-corrected chi connectivity index (χ3v) is 4.89. The number of amides is 1. The third kappa shape index (κ3) is 4.05.